The normalized spacial score (nSPS) is 16.3. The van der Waals surface area contributed by atoms with Crippen LogP contribution in [-0.2, 0) is 0 Å². The minimum absolute atomic E-state index is 0.204. The van der Waals surface area contributed by atoms with Gasteiger partial charge in [-0.1, -0.05) is 18.2 Å². The van der Waals surface area contributed by atoms with Crippen molar-refractivity contribution in [3.05, 3.63) is 59.3 Å². The molecular formula is C20H17N5O3S. The Morgan fingerprint density at radius 3 is 2.76 bits per heavy atom. The molecule has 29 heavy (non-hydrogen) atoms. The van der Waals surface area contributed by atoms with Gasteiger partial charge in [-0.3, -0.25) is 15.5 Å². The number of nitrogens with zero attached hydrogens (tertiary/aromatic N) is 3. The van der Waals surface area contributed by atoms with E-state index in [4.69, 9.17) is 9.47 Å². The number of rotatable bonds is 5. The second kappa shape index (κ2) is 8.19. The molecule has 2 heterocycles. The van der Waals surface area contributed by atoms with Crippen LogP contribution in [0.1, 0.15) is 5.56 Å². The van der Waals surface area contributed by atoms with E-state index < -0.39 is 0 Å². The lowest BCUT2D eigenvalue weighted by Gasteiger charge is -2.08. The lowest BCUT2D eigenvalue weighted by Crippen LogP contribution is -2.20. The van der Waals surface area contributed by atoms with Gasteiger partial charge < -0.3 is 9.47 Å². The second-order valence-electron chi connectivity index (χ2n) is 5.95. The van der Waals surface area contributed by atoms with Crippen LogP contribution in [0, 0.1) is 0 Å². The van der Waals surface area contributed by atoms with E-state index >= 15 is 0 Å². The molecule has 1 aliphatic rings. The lowest BCUT2D eigenvalue weighted by atomic mass is 10.2. The Morgan fingerprint density at radius 1 is 1.10 bits per heavy atom. The third-order valence-corrected chi connectivity index (χ3v) is 5.00. The molecule has 1 fully saturated rings. The number of carbonyl (C=O) groups is 1. The first-order valence-electron chi connectivity index (χ1n) is 8.64. The topological polar surface area (TPSA) is 97.7 Å². The number of methoxy groups -OCH3 is 2. The number of hydrogen-bond donors (Lipinski definition) is 2. The number of anilines is 1. The maximum atomic E-state index is 11.9. The van der Waals surface area contributed by atoms with Crippen LogP contribution in [0.4, 0.5) is 10.6 Å². The quantitative estimate of drug-likeness (QED) is 0.620. The van der Waals surface area contributed by atoms with E-state index in [0.29, 0.717) is 28.1 Å². The van der Waals surface area contributed by atoms with E-state index in [1.54, 1.807) is 14.2 Å². The predicted molar refractivity (Wildman–Crippen MR) is 114 cm³/mol. The molecule has 0 unspecified atom stereocenters. The molecule has 1 aromatic heterocycles. The zero-order valence-corrected chi connectivity index (χ0v) is 16.5. The highest BCUT2D eigenvalue weighted by Gasteiger charge is 2.24. The van der Waals surface area contributed by atoms with Gasteiger partial charge >= 0.3 is 0 Å². The fourth-order valence-corrected chi connectivity index (χ4v) is 3.55. The second-order valence-corrected chi connectivity index (χ2v) is 6.96. The molecule has 0 aliphatic carbocycles. The first-order chi connectivity index (χ1) is 14.2. The number of amides is 1. The van der Waals surface area contributed by atoms with E-state index in [2.05, 4.69) is 25.8 Å². The molecule has 4 rings (SSSR count). The fraction of sp³-hybridized carbons (Fsp3) is 0.100. The molecule has 2 N–H and O–H groups in total. The number of thioether (sulfide) groups is 1. The maximum absolute atomic E-state index is 11.9. The van der Waals surface area contributed by atoms with Crippen molar-refractivity contribution >= 4 is 45.6 Å². The van der Waals surface area contributed by atoms with Gasteiger partial charge in [0.25, 0.3) is 5.24 Å². The summed E-state index contributed by atoms with van der Waals surface area (Å²) in [7, 11) is 3.16. The fourth-order valence-electron chi connectivity index (χ4n) is 2.81. The summed E-state index contributed by atoms with van der Waals surface area (Å²) in [5.74, 6) is 2.21. The van der Waals surface area contributed by atoms with E-state index in [0.717, 1.165) is 28.2 Å². The number of nitrogens with one attached hydrogen (secondary N) is 2. The van der Waals surface area contributed by atoms with E-state index in [9.17, 15) is 4.79 Å². The third-order valence-electron chi connectivity index (χ3n) is 4.18. The average molecular weight is 407 g/mol. The van der Waals surface area contributed by atoms with Crippen LogP contribution in [0.3, 0.4) is 0 Å². The minimum Gasteiger partial charge on any atom is -0.493 e. The van der Waals surface area contributed by atoms with Crippen LogP contribution in [-0.4, -0.2) is 35.3 Å². The SMILES string of the molecule is COc1ccc(/C=C2/SC(=O)N/C2=N\Nc2ncnc3ccccc23)cc1OC. The van der Waals surface area contributed by atoms with Crippen LogP contribution in [0.15, 0.2) is 58.8 Å². The van der Waals surface area contributed by atoms with Crippen molar-refractivity contribution in [3.8, 4) is 11.5 Å². The molecule has 0 spiro atoms. The first-order valence-corrected chi connectivity index (χ1v) is 9.46. The third kappa shape index (κ3) is 3.99. The Morgan fingerprint density at radius 2 is 1.93 bits per heavy atom. The van der Waals surface area contributed by atoms with Gasteiger partial charge in [-0.05, 0) is 47.7 Å². The van der Waals surface area contributed by atoms with E-state index in [1.807, 2.05) is 48.5 Å². The van der Waals surface area contributed by atoms with Crippen LogP contribution >= 0.6 is 11.8 Å². The van der Waals surface area contributed by atoms with Crippen molar-refractivity contribution < 1.29 is 14.3 Å². The number of amidine groups is 1. The van der Waals surface area contributed by atoms with Gasteiger partial charge in [-0.2, -0.15) is 5.10 Å². The number of ether oxygens (including phenoxy) is 2. The predicted octanol–water partition coefficient (Wildman–Crippen LogP) is 3.87. The van der Waals surface area contributed by atoms with Gasteiger partial charge in [0.05, 0.1) is 24.6 Å². The highest BCUT2D eigenvalue weighted by atomic mass is 32.2. The molecule has 0 bridgehead atoms. The molecule has 1 saturated heterocycles. The number of aromatic nitrogens is 2. The summed E-state index contributed by atoms with van der Waals surface area (Å²) < 4.78 is 10.6. The zero-order valence-electron chi connectivity index (χ0n) is 15.7. The molecule has 0 atom stereocenters. The van der Waals surface area contributed by atoms with Gasteiger partial charge in [0.15, 0.2) is 23.2 Å². The van der Waals surface area contributed by atoms with Gasteiger partial charge in [0.1, 0.15) is 6.33 Å². The maximum Gasteiger partial charge on any atom is 0.289 e. The molecule has 0 radical (unpaired) electrons. The summed E-state index contributed by atoms with van der Waals surface area (Å²) in [5.41, 5.74) is 4.58. The molecule has 8 nitrogen and oxygen atoms in total. The molecule has 9 heteroatoms. The number of fused-ring (bicyclic) bond motifs is 1. The van der Waals surface area contributed by atoms with Crippen molar-refractivity contribution in [2.45, 2.75) is 0 Å². The largest absolute Gasteiger partial charge is 0.493 e. The molecule has 1 amide bonds. The van der Waals surface area contributed by atoms with Crippen molar-refractivity contribution in [2.75, 3.05) is 19.6 Å². The molecule has 2 aromatic carbocycles. The first kappa shape index (κ1) is 18.8. The van der Waals surface area contributed by atoms with Gasteiger partial charge in [0, 0.05) is 5.39 Å². The summed E-state index contributed by atoms with van der Waals surface area (Å²) in [6, 6.07) is 13.1. The van der Waals surface area contributed by atoms with Crippen LogP contribution in [0.5, 0.6) is 11.5 Å². The number of para-hydroxylation sites is 1. The van der Waals surface area contributed by atoms with Crippen molar-refractivity contribution in [1.29, 1.82) is 0 Å². The van der Waals surface area contributed by atoms with E-state index in [1.165, 1.54) is 6.33 Å². The molecule has 1 aliphatic heterocycles. The zero-order chi connectivity index (χ0) is 20.2. The Hall–Kier alpha value is -3.59. The highest BCUT2D eigenvalue weighted by molar-refractivity contribution is 8.18. The number of hydrazone groups is 1. The number of hydrogen-bond acceptors (Lipinski definition) is 8. The van der Waals surface area contributed by atoms with Crippen molar-refractivity contribution in [3.63, 3.8) is 0 Å². The van der Waals surface area contributed by atoms with Crippen molar-refractivity contribution in [1.82, 2.24) is 15.3 Å². The monoisotopic (exact) mass is 407 g/mol. The highest BCUT2D eigenvalue weighted by Crippen LogP contribution is 2.31. The van der Waals surface area contributed by atoms with Crippen molar-refractivity contribution in [2.24, 2.45) is 5.10 Å². The number of benzene rings is 2. The van der Waals surface area contributed by atoms with E-state index in [-0.39, 0.29) is 5.24 Å². The van der Waals surface area contributed by atoms with Crippen LogP contribution in [0.25, 0.3) is 17.0 Å². The van der Waals surface area contributed by atoms with Gasteiger partial charge in [-0.15, -0.1) is 0 Å². The Bertz CT molecular complexity index is 1140. The smallest absolute Gasteiger partial charge is 0.289 e. The van der Waals surface area contributed by atoms with Crippen LogP contribution in [0.2, 0.25) is 0 Å². The summed E-state index contributed by atoms with van der Waals surface area (Å²) >= 11 is 1.07. The molecular weight excluding hydrogens is 390 g/mol. The number of carbonyl (C=O) groups excluding carboxylic acids is 1. The Kier molecular flexibility index (Phi) is 5.30. The van der Waals surface area contributed by atoms with Gasteiger partial charge in [-0.25, -0.2) is 9.97 Å². The van der Waals surface area contributed by atoms with Gasteiger partial charge in [0.2, 0.25) is 0 Å². The summed E-state index contributed by atoms with van der Waals surface area (Å²) in [5, 5.41) is 7.72. The Balaban J connectivity index is 1.64. The average Bonchev–Trinajstić information content (AvgIpc) is 3.10. The standard InChI is InChI=1S/C20H17N5O3S/c1-27-15-8-7-12(9-16(15)28-2)10-17-19(23-20(26)29-17)25-24-18-13-5-3-4-6-14(13)21-11-22-18/h3-11H,1-2H3,(H,21,22,24)(H,23,25,26)/b17-10+. The lowest BCUT2D eigenvalue weighted by molar-refractivity contribution is 0.265. The minimum atomic E-state index is -0.204. The molecule has 146 valence electrons. The Labute approximate surface area is 171 Å². The molecule has 3 aromatic rings. The summed E-state index contributed by atoms with van der Waals surface area (Å²) in [6.07, 6.45) is 3.32. The molecule has 0 saturated carbocycles. The summed E-state index contributed by atoms with van der Waals surface area (Å²) in [4.78, 5) is 21.1. The summed E-state index contributed by atoms with van der Waals surface area (Å²) in [6.45, 7) is 0. The van der Waals surface area contributed by atoms with Crippen LogP contribution < -0.4 is 20.2 Å².